The van der Waals surface area contributed by atoms with Crippen LogP contribution in [0.3, 0.4) is 0 Å². The minimum Gasteiger partial charge on any atom is -0.364 e. The van der Waals surface area contributed by atoms with Crippen molar-refractivity contribution in [3.8, 4) is 0 Å². The third-order valence-electron chi connectivity index (χ3n) is 5.47. The summed E-state index contributed by atoms with van der Waals surface area (Å²) in [4.78, 5) is 36.6. The molecular formula is C20H28ClN7O2S. The lowest BCUT2D eigenvalue weighted by atomic mass is 9.80. The Kier molecular flexibility index (Phi) is 7.45. The van der Waals surface area contributed by atoms with Gasteiger partial charge in [-0.1, -0.05) is 30.3 Å². The summed E-state index contributed by atoms with van der Waals surface area (Å²) in [5, 5.41) is 6.99. The van der Waals surface area contributed by atoms with Gasteiger partial charge in [0.25, 0.3) is 0 Å². The highest BCUT2D eigenvalue weighted by atomic mass is 35.5. The molecule has 2 aliphatic heterocycles. The molecule has 1 aromatic heterocycles. The maximum Gasteiger partial charge on any atom is 0.315 e. The molecule has 0 saturated carbocycles. The number of hydrogen-bond acceptors (Lipinski definition) is 8. The number of aliphatic imine (C=N–C) groups is 1. The molecule has 11 heteroatoms. The average molecular weight is 466 g/mol. The predicted molar refractivity (Wildman–Crippen MR) is 124 cm³/mol. The predicted octanol–water partition coefficient (Wildman–Crippen LogP) is 1.72. The molecule has 0 spiro atoms. The first-order chi connectivity index (χ1) is 14.7. The number of rotatable bonds is 4. The van der Waals surface area contributed by atoms with Crippen molar-refractivity contribution in [2.24, 2.45) is 16.1 Å². The van der Waals surface area contributed by atoms with Gasteiger partial charge >= 0.3 is 11.8 Å². The molecular weight excluding hydrogens is 438 g/mol. The van der Waals surface area contributed by atoms with Gasteiger partial charge in [-0.3, -0.25) is 9.59 Å². The average Bonchev–Trinajstić information content (AvgIpc) is 2.77. The lowest BCUT2D eigenvalue weighted by Crippen LogP contribution is -2.45. The number of carbonyl (C=O) groups is 2. The van der Waals surface area contributed by atoms with Crippen LogP contribution in [0.2, 0.25) is 5.02 Å². The second-order valence-electron chi connectivity index (χ2n) is 8.12. The number of pyridine rings is 1. The molecule has 1 saturated heterocycles. The number of halogens is 1. The molecule has 0 atom stereocenters. The molecule has 0 aliphatic carbocycles. The largest absolute Gasteiger partial charge is 0.364 e. The maximum atomic E-state index is 12.0. The maximum absolute atomic E-state index is 12.0. The molecule has 3 heterocycles. The van der Waals surface area contributed by atoms with E-state index in [2.05, 4.69) is 32.4 Å². The molecule has 9 nitrogen and oxygen atoms in total. The molecule has 1 aromatic rings. The van der Waals surface area contributed by atoms with E-state index in [9.17, 15) is 9.59 Å². The van der Waals surface area contributed by atoms with Gasteiger partial charge in [-0.05, 0) is 30.9 Å². The molecule has 3 rings (SSSR count). The van der Waals surface area contributed by atoms with E-state index in [-0.39, 0.29) is 16.3 Å². The number of piperidine rings is 1. The number of nitrogens with one attached hydrogen (secondary N) is 2. The van der Waals surface area contributed by atoms with Crippen LogP contribution in [0.4, 0.5) is 5.82 Å². The Morgan fingerprint density at radius 3 is 2.68 bits per heavy atom. The van der Waals surface area contributed by atoms with E-state index in [1.54, 1.807) is 6.07 Å². The summed E-state index contributed by atoms with van der Waals surface area (Å²) >= 11 is 7.80. The van der Waals surface area contributed by atoms with Gasteiger partial charge in [0.15, 0.2) is 5.82 Å². The van der Waals surface area contributed by atoms with E-state index in [1.807, 2.05) is 6.20 Å². The summed E-state index contributed by atoms with van der Waals surface area (Å²) in [6, 6.07) is 1.75. The number of anilines is 1. The van der Waals surface area contributed by atoms with Crippen molar-refractivity contribution in [2.45, 2.75) is 24.7 Å². The van der Waals surface area contributed by atoms with Gasteiger partial charge in [0, 0.05) is 38.3 Å². The number of thioether (sulfide) groups is 1. The van der Waals surface area contributed by atoms with Gasteiger partial charge in [-0.2, -0.15) is 0 Å². The lowest BCUT2D eigenvalue weighted by molar-refractivity contribution is -0.141. The SMILES string of the molecule is CN(C)C(=O)C(=O)Nc1nccc(SC2=NC=C(N3CCC(C)(CN)CC3)NC2)c1Cl. The second kappa shape index (κ2) is 9.88. The van der Waals surface area contributed by atoms with Crippen molar-refractivity contribution in [1.82, 2.24) is 20.1 Å². The molecule has 168 valence electrons. The smallest absolute Gasteiger partial charge is 0.315 e. The topological polar surface area (TPSA) is 116 Å². The van der Waals surface area contributed by atoms with Crippen LogP contribution >= 0.6 is 23.4 Å². The van der Waals surface area contributed by atoms with Crippen molar-refractivity contribution in [3.63, 3.8) is 0 Å². The molecule has 0 radical (unpaired) electrons. The summed E-state index contributed by atoms with van der Waals surface area (Å²) in [5.41, 5.74) is 6.12. The van der Waals surface area contributed by atoms with E-state index >= 15 is 0 Å². The number of aromatic nitrogens is 1. The minimum absolute atomic E-state index is 0.142. The van der Waals surface area contributed by atoms with Crippen LogP contribution in [-0.4, -0.2) is 71.9 Å². The third-order valence-corrected chi connectivity index (χ3v) is 7.01. The van der Waals surface area contributed by atoms with Crippen LogP contribution in [0.25, 0.3) is 0 Å². The van der Waals surface area contributed by atoms with E-state index < -0.39 is 11.8 Å². The molecule has 2 aliphatic rings. The Bertz CT molecular complexity index is 911. The van der Waals surface area contributed by atoms with Crippen LogP contribution in [0.1, 0.15) is 19.8 Å². The zero-order chi connectivity index (χ0) is 22.6. The molecule has 2 amide bonds. The van der Waals surface area contributed by atoms with Crippen LogP contribution in [-0.2, 0) is 9.59 Å². The second-order valence-corrected chi connectivity index (χ2v) is 9.61. The minimum atomic E-state index is -0.793. The van der Waals surface area contributed by atoms with Gasteiger partial charge in [0.2, 0.25) is 0 Å². The highest BCUT2D eigenvalue weighted by molar-refractivity contribution is 8.14. The van der Waals surface area contributed by atoms with Crippen molar-refractivity contribution >= 4 is 46.0 Å². The highest BCUT2D eigenvalue weighted by Gasteiger charge is 2.30. The van der Waals surface area contributed by atoms with Crippen LogP contribution in [0, 0.1) is 5.41 Å². The van der Waals surface area contributed by atoms with Crippen molar-refractivity contribution in [3.05, 3.63) is 29.3 Å². The monoisotopic (exact) mass is 465 g/mol. The Balaban J connectivity index is 1.64. The van der Waals surface area contributed by atoms with Gasteiger partial charge in [0.1, 0.15) is 5.82 Å². The summed E-state index contributed by atoms with van der Waals surface area (Å²) in [6.07, 6.45) is 5.49. The first kappa shape index (κ1) is 23.4. The number of nitrogens with two attached hydrogens (primary N) is 1. The zero-order valence-electron chi connectivity index (χ0n) is 17.9. The fraction of sp³-hybridized carbons (Fsp3) is 0.500. The van der Waals surface area contributed by atoms with E-state index in [4.69, 9.17) is 17.3 Å². The van der Waals surface area contributed by atoms with Crippen molar-refractivity contribution in [2.75, 3.05) is 45.6 Å². The first-order valence-electron chi connectivity index (χ1n) is 10.0. The van der Waals surface area contributed by atoms with Crippen LogP contribution < -0.4 is 16.4 Å². The molecule has 1 fully saturated rings. The van der Waals surface area contributed by atoms with Gasteiger partial charge in [0.05, 0.1) is 22.8 Å². The number of hydrogen-bond donors (Lipinski definition) is 3. The Morgan fingerprint density at radius 1 is 1.39 bits per heavy atom. The normalized spacial score (nSPS) is 17.9. The van der Waals surface area contributed by atoms with Crippen LogP contribution in [0.15, 0.2) is 34.2 Å². The zero-order valence-corrected chi connectivity index (χ0v) is 19.5. The van der Waals surface area contributed by atoms with Gasteiger partial charge in [-0.15, -0.1) is 0 Å². The molecule has 31 heavy (non-hydrogen) atoms. The van der Waals surface area contributed by atoms with Gasteiger partial charge in [-0.25, -0.2) is 9.98 Å². The Hall–Kier alpha value is -2.30. The lowest BCUT2D eigenvalue weighted by Gasteiger charge is -2.41. The van der Waals surface area contributed by atoms with Crippen LogP contribution in [0.5, 0.6) is 0 Å². The Labute approximate surface area is 191 Å². The Morgan fingerprint density at radius 2 is 2.10 bits per heavy atom. The summed E-state index contributed by atoms with van der Waals surface area (Å²) in [5.74, 6) is -0.319. The third kappa shape index (κ3) is 5.69. The molecule has 4 N–H and O–H groups in total. The first-order valence-corrected chi connectivity index (χ1v) is 11.2. The summed E-state index contributed by atoms with van der Waals surface area (Å²) < 4.78 is 0. The van der Waals surface area contributed by atoms with Crippen molar-refractivity contribution in [1.29, 1.82) is 0 Å². The number of likely N-dealkylation sites (N-methyl/N-ethyl adjacent to an activating group) is 1. The highest BCUT2D eigenvalue weighted by Crippen LogP contribution is 2.34. The number of likely N-dealkylation sites (tertiary alicyclic amines) is 1. The molecule has 0 unspecified atom stereocenters. The van der Waals surface area contributed by atoms with E-state index in [0.29, 0.717) is 18.0 Å². The standard InChI is InChI=1S/C20H28ClN7O2S/c1-20(12-22)5-8-28(9-6-20)14-10-25-15(11-24-14)31-13-4-7-23-17(16(13)21)26-18(29)19(30)27(2)3/h4,7,10,24H,5-6,8-9,11-12,22H2,1-3H3,(H,23,26,29). The molecule has 0 bridgehead atoms. The number of amides is 2. The quantitative estimate of drug-likeness (QED) is 0.579. The number of carbonyl (C=O) groups excluding carboxylic acids is 2. The van der Waals surface area contributed by atoms with Gasteiger partial charge < -0.3 is 26.2 Å². The fourth-order valence-electron chi connectivity index (χ4n) is 3.22. The fourth-order valence-corrected chi connectivity index (χ4v) is 4.31. The summed E-state index contributed by atoms with van der Waals surface area (Å²) in [7, 11) is 3.00. The number of nitrogens with zero attached hydrogens (tertiary/aromatic N) is 4. The van der Waals surface area contributed by atoms with E-state index in [0.717, 1.165) is 36.8 Å². The van der Waals surface area contributed by atoms with E-state index in [1.165, 1.54) is 37.0 Å². The molecule has 0 aromatic carbocycles. The summed E-state index contributed by atoms with van der Waals surface area (Å²) in [6.45, 7) is 5.43. The van der Waals surface area contributed by atoms with Crippen molar-refractivity contribution < 1.29 is 9.59 Å².